The Morgan fingerprint density at radius 1 is 1.23 bits per heavy atom. The quantitative estimate of drug-likeness (QED) is 0.905. The van der Waals surface area contributed by atoms with Gasteiger partial charge in [0, 0.05) is 22.9 Å². The van der Waals surface area contributed by atoms with Crippen molar-refractivity contribution in [3.63, 3.8) is 0 Å². The van der Waals surface area contributed by atoms with Crippen molar-refractivity contribution in [3.8, 4) is 11.4 Å². The van der Waals surface area contributed by atoms with E-state index in [1.54, 1.807) is 11.4 Å². The molecule has 22 heavy (non-hydrogen) atoms. The fourth-order valence-electron chi connectivity index (χ4n) is 2.74. The van der Waals surface area contributed by atoms with Crippen LogP contribution in [0.2, 0.25) is 0 Å². The number of sulfonamides is 1. The Hall–Kier alpha value is -1.25. The molecule has 2 aliphatic rings. The van der Waals surface area contributed by atoms with Crippen molar-refractivity contribution in [1.82, 2.24) is 14.9 Å². The second-order valence-corrected chi connectivity index (χ2v) is 8.84. The maximum Gasteiger partial charge on any atom is 0.250 e. The number of aromatic nitrogens is 2. The van der Waals surface area contributed by atoms with Gasteiger partial charge in [-0.25, -0.2) is 13.1 Å². The zero-order valence-corrected chi connectivity index (χ0v) is 13.6. The van der Waals surface area contributed by atoms with Crippen LogP contribution in [0, 0.1) is 0 Å². The van der Waals surface area contributed by atoms with Gasteiger partial charge in [-0.2, -0.15) is 4.98 Å². The Morgan fingerprint density at radius 2 is 2.00 bits per heavy atom. The first-order valence-corrected chi connectivity index (χ1v) is 9.93. The summed E-state index contributed by atoms with van der Waals surface area (Å²) in [5, 5.41) is 5.72. The van der Waals surface area contributed by atoms with Gasteiger partial charge in [0.1, 0.15) is 4.21 Å². The molecule has 2 heterocycles. The second kappa shape index (κ2) is 5.43. The fourth-order valence-corrected chi connectivity index (χ4v) is 5.22. The lowest BCUT2D eigenvalue weighted by molar-refractivity contribution is 0.380. The molecule has 0 saturated heterocycles. The lowest BCUT2D eigenvalue weighted by Crippen LogP contribution is -2.32. The second-order valence-electron chi connectivity index (χ2n) is 5.99. The van der Waals surface area contributed by atoms with E-state index < -0.39 is 10.0 Å². The molecule has 0 unspecified atom stereocenters. The Balaban J connectivity index is 1.54. The zero-order valence-electron chi connectivity index (χ0n) is 12.0. The van der Waals surface area contributed by atoms with Crippen LogP contribution in [0.5, 0.6) is 0 Å². The van der Waals surface area contributed by atoms with Gasteiger partial charge in [-0.3, -0.25) is 0 Å². The summed E-state index contributed by atoms with van der Waals surface area (Å²) >= 11 is 1.20. The van der Waals surface area contributed by atoms with Crippen LogP contribution in [0.1, 0.15) is 50.3 Å². The van der Waals surface area contributed by atoms with Gasteiger partial charge in [0.2, 0.25) is 21.7 Å². The molecule has 118 valence electrons. The van der Waals surface area contributed by atoms with Gasteiger partial charge in [-0.1, -0.05) is 18.0 Å². The van der Waals surface area contributed by atoms with Gasteiger partial charge >= 0.3 is 0 Å². The molecule has 2 aliphatic carbocycles. The van der Waals surface area contributed by atoms with Crippen LogP contribution in [0.4, 0.5) is 0 Å². The standard InChI is InChI=1S/C14H17N3O3S2/c18-22(19,17-11-3-1-2-4-11)12-7-10(8-21-12)13-15-14(20-16-13)9-5-6-9/h7-9,11,17H,1-6H2. The first kappa shape index (κ1) is 14.3. The number of thiophene rings is 1. The third kappa shape index (κ3) is 2.82. The van der Waals surface area contributed by atoms with Gasteiger partial charge in [0.25, 0.3) is 0 Å². The van der Waals surface area contributed by atoms with Crippen molar-refractivity contribution < 1.29 is 12.9 Å². The first-order valence-electron chi connectivity index (χ1n) is 7.57. The molecule has 0 spiro atoms. The summed E-state index contributed by atoms with van der Waals surface area (Å²) in [7, 11) is -3.45. The molecular weight excluding hydrogens is 322 g/mol. The molecular formula is C14H17N3O3S2. The van der Waals surface area contributed by atoms with E-state index in [-0.39, 0.29) is 6.04 Å². The monoisotopic (exact) mass is 339 g/mol. The smallest absolute Gasteiger partial charge is 0.250 e. The van der Waals surface area contributed by atoms with Gasteiger partial charge in [0.15, 0.2) is 0 Å². The normalized spacial score (nSPS) is 19.8. The number of nitrogens with one attached hydrogen (secondary N) is 1. The summed E-state index contributed by atoms with van der Waals surface area (Å²) in [5.41, 5.74) is 0.701. The Labute approximate surface area is 133 Å². The summed E-state index contributed by atoms with van der Waals surface area (Å²) < 4.78 is 33.1. The SMILES string of the molecule is O=S(=O)(NC1CCCC1)c1cc(-c2noc(C3CC3)n2)cs1. The predicted molar refractivity (Wildman–Crippen MR) is 82.2 cm³/mol. The summed E-state index contributed by atoms with van der Waals surface area (Å²) in [5.74, 6) is 1.53. The van der Waals surface area contributed by atoms with Crippen LogP contribution in [-0.2, 0) is 10.0 Å². The highest BCUT2D eigenvalue weighted by Crippen LogP contribution is 2.39. The van der Waals surface area contributed by atoms with Crippen LogP contribution < -0.4 is 4.72 Å². The van der Waals surface area contributed by atoms with E-state index in [4.69, 9.17) is 4.52 Å². The highest BCUT2D eigenvalue weighted by Gasteiger charge is 2.30. The third-order valence-electron chi connectivity index (χ3n) is 4.14. The molecule has 0 radical (unpaired) electrons. The summed E-state index contributed by atoms with van der Waals surface area (Å²) in [6.07, 6.45) is 6.22. The summed E-state index contributed by atoms with van der Waals surface area (Å²) in [6, 6.07) is 1.70. The molecule has 1 N–H and O–H groups in total. The summed E-state index contributed by atoms with van der Waals surface area (Å²) in [6.45, 7) is 0. The van der Waals surface area contributed by atoms with Crippen molar-refractivity contribution in [2.45, 2.75) is 54.7 Å². The van der Waals surface area contributed by atoms with Gasteiger partial charge in [-0.15, -0.1) is 11.3 Å². The Morgan fingerprint density at radius 3 is 2.73 bits per heavy atom. The Kier molecular flexibility index (Phi) is 3.54. The first-order chi connectivity index (χ1) is 10.6. The van der Waals surface area contributed by atoms with Crippen molar-refractivity contribution in [1.29, 1.82) is 0 Å². The molecule has 6 nitrogen and oxygen atoms in total. The van der Waals surface area contributed by atoms with Crippen molar-refractivity contribution >= 4 is 21.4 Å². The molecule has 0 aromatic carbocycles. The highest BCUT2D eigenvalue weighted by atomic mass is 32.2. The van der Waals surface area contributed by atoms with Crippen LogP contribution in [0.3, 0.4) is 0 Å². The number of hydrogen-bond acceptors (Lipinski definition) is 6. The minimum absolute atomic E-state index is 0.0715. The lowest BCUT2D eigenvalue weighted by atomic mass is 10.3. The molecule has 0 atom stereocenters. The topological polar surface area (TPSA) is 85.1 Å². The van der Waals surface area contributed by atoms with Gasteiger partial charge in [-0.05, 0) is 31.7 Å². The van der Waals surface area contributed by atoms with Gasteiger partial charge in [0.05, 0.1) is 0 Å². The van der Waals surface area contributed by atoms with E-state index in [1.807, 2.05) is 0 Å². The zero-order chi connectivity index (χ0) is 15.2. The average molecular weight is 339 g/mol. The molecule has 2 aromatic rings. The maximum absolute atomic E-state index is 12.4. The van der Waals surface area contributed by atoms with E-state index >= 15 is 0 Å². The van der Waals surface area contributed by atoms with Crippen LogP contribution >= 0.6 is 11.3 Å². The molecule has 0 aliphatic heterocycles. The molecule has 2 aromatic heterocycles. The van der Waals surface area contributed by atoms with Gasteiger partial charge < -0.3 is 4.52 Å². The van der Waals surface area contributed by atoms with E-state index in [0.29, 0.717) is 27.4 Å². The number of hydrogen-bond donors (Lipinski definition) is 1. The van der Waals surface area contributed by atoms with Crippen LogP contribution in [0.15, 0.2) is 20.2 Å². The molecule has 2 fully saturated rings. The molecule has 0 amide bonds. The predicted octanol–water partition coefficient (Wildman–Crippen LogP) is 2.90. The molecule has 4 rings (SSSR count). The van der Waals surface area contributed by atoms with E-state index in [9.17, 15) is 8.42 Å². The largest absolute Gasteiger partial charge is 0.339 e. The van der Waals surface area contributed by atoms with Crippen LogP contribution in [0.25, 0.3) is 11.4 Å². The van der Waals surface area contributed by atoms with E-state index in [0.717, 1.165) is 38.5 Å². The minimum atomic E-state index is -3.45. The highest BCUT2D eigenvalue weighted by molar-refractivity contribution is 7.91. The number of rotatable bonds is 5. The van der Waals surface area contributed by atoms with Crippen LogP contribution in [-0.4, -0.2) is 24.6 Å². The van der Waals surface area contributed by atoms with E-state index in [1.165, 1.54) is 11.3 Å². The number of nitrogens with zero attached hydrogens (tertiary/aromatic N) is 2. The molecule has 8 heteroatoms. The van der Waals surface area contributed by atoms with Crippen molar-refractivity contribution in [2.24, 2.45) is 0 Å². The van der Waals surface area contributed by atoms with E-state index in [2.05, 4.69) is 14.9 Å². The third-order valence-corrected chi connectivity index (χ3v) is 7.10. The lowest BCUT2D eigenvalue weighted by Gasteiger charge is -2.10. The van der Waals surface area contributed by atoms with Crippen molar-refractivity contribution in [2.75, 3.05) is 0 Å². The molecule has 2 saturated carbocycles. The summed E-state index contributed by atoms with van der Waals surface area (Å²) in [4.78, 5) is 4.35. The van der Waals surface area contributed by atoms with Crippen molar-refractivity contribution in [3.05, 3.63) is 17.3 Å². The minimum Gasteiger partial charge on any atom is -0.339 e. The Bertz CT molecular complexity index is 771. The average Bonchev–Trinajstić information content (AvgIpc) is 2.95. The fraction of sp³-hybridized carbons (Fsp3) is 0.571. The maximum atomic E-state index is 12.4. The molecule has 0 bridgehead atoms.